The van der Waals surface area contributed by atoms with Gasteiger partial charge in [-0.3, -0.25) is 0 Å². The van der Waals surface area contributed by atoms with Crippen LogP contribution in [0.25, 0.3) is 0 Å². The fourth-order valence-electron chi connectivity index (χ4n) is 3.48. The molecule has 0 aromatic heterocycles. The molecule has 0 unspecified atom stereocenters. The van der Waals surface area contributed by atoms with Crippen molar-refractivity contribution >= 4 is 0 Å². The van der Waals surface area contributed by atoms with Crippen molar-refractivity contribution in [2.45, 2.75) is 64.2 Å². The molecule has 1 fully saturated rings. The third kappa shape index (κ3) is 2.35. The Kier molecular flexibility index (Phi) is 3.66. The van der Waals surface area contributed by atoms with E-state index < -0.39 is 0 Å². The lowest BCUT2D eigenvalue weighted by molar-refractivity contribution is 0.231. The molecule has 0 heterocycles. The van der Waals surface area contributed by atoms with Gasteiger partial charge < -0.3 is 0 Å². The fraction of sp³-hybridized carbons (Fsp3) is 0.733. The van der Waals surface area contributed by atoms with Crippen molar-refractivity contribution in [3.8, 4) is 0 Å². The molecule has 0 saturated heterocycles. The minimum absolute atomic E-state index is 0.542. The van der Waals surface area contributed by atoms with E-state index >= 15 is 0 Å². The summed E-state index contributed by atoms with van der Waals surface area (Å²) in [6.07, 6.45) is 18.6. The Morgan fingerprint density at radius 3 is 2.53 bits per heavy atom. The second-order valence-electron chi connectivity index (χ2n) is 5.31. The fourth-order valence-corrected chi connectivity index (χ4v) is 3.48. The molecule has 15 heavy (non-hydrogen) atoms. The maximum absolute atomic E-state index is 3.97. The minimum Gasteiger partial charge on any atom is -0.103 e. The van der Waals surface area contributed by atoms with Crippen molar-refractivity contribution in [1.29, 1.82) is 0 Å². The number of hydrogen-bond donors (Lipinski definition) is 0. The highest BCUT2D eigenvalue weighted by molar-refractivity contribution is 5.19. The number of rotatable bonds is 3. The smallest absolute Gasteiger partial charge is 0.00538 e. The van der Waals surface area contributed by atoms with Crippen LogP contribution in [0.2, 0.25) is 0 Å². The molecule has 0 aromatic carbocycles. The van der Waals surface area contributed by atoms with Gasteiger partial charge in [-0.05, 0) is 50.4 Å². The zero-order valence-electron chi connectivity index (χ0n) is 9.93. The van der Waals surface area contributed by atoms with Gasteiger partial charge in [-0.2, -0.15) is 0 Å². The first-order valence-electron chi connectivity index (χ1n) is 6.68. The molecule has 0 aromatic rings. The quantitative estimate of drug-likeness (QED) is 0.567. The summed E-state index contributed by atoms with van der Waals surface area (Å²) in [6, 6.07) is 0. The molecular formula is C15H24. The van der Waals surface area contributed by atoms with Crippen molar-refractivity contribution in [3.63, 3.8) is 0 Å². The summed E-state index contributed by atoms with van der Waals surface area (Å²) in [6.45, 7) is 3.97. The van der Waals surface area contributed by atoms with E-state index in [2.05, 4.69) is 18.7 Å². The van der Waals surface area contributed by atoms with Gasteiger partial charge in [0.05, 0.1) is 0 Å². The Hall–Kier alpha value is -0.520. The van der Waals surface area contributed by atoms with Gasteiger partial charge >= 0.3 is 0 Å². The van der Waals surface area contributed by atoms with Crippen molar-refractivity contribution < 1.29 is 0 Å². The summed E-state index contributed by atoms with van der Waals surface area (Å²) in [5.74, 6) is 0. The first kappa shape index (κ1) is 11.0. The van der Waals surface area contributed by atoms with Crippen molar-refractivity contribution in [1.82, 2.24) is 0 Å². The number of hydrogen-bond acceptors (Lipinski definition) is 0. The van der Waals surface area contributed by atoms with Crippen LogP contribution >= 0.6 is 0 Å². The molecule has 0 heteroatoms. The van der Waals surface area contributed by atoms with Crippen molar-refractivity contribution in [3.05, 3.63) is 24.3 Å². The van der Waals surface area contributed by atoms with Crippen LogP contribution in [-0.4, -0.2) is 0 Å². The summed E-state index contributed by atoms with van der Waals surface area (Å²) in [5, 5.41) is 0. The van der Waals surface area contributed by atoms with E-state index in [-0.39, 0.29) is 0 Å². The Morgan fingerprint density at radius 2 is 1.93 bits per heavy atom. The lowest BCUT2D eigenvalue weighted by Crippen LogP contribution is -2.27. The van der Waals surface area contributed by atoms with E-state index in [9.17, 15) is 0 Å². The van der Waals surface area contributed by atoms with E-state index in [0.29, 0.717) is 5.41 Å². The van der Waals surface area contributed by atoms with Gasteiger partial charge in [-0.1, -0.05) is 37.0 Å². The van der Waals surface area contributed by atoms with E-state index in [4.69, 9.17) is 0 Å². The van der Waals surface area contributed by atoms with Crippen LogP contribution in [0.3, 0.4) is 0 Å². The minimum atomic E-state index is 0.542. The second kappa shape index (κ2) is 5.01. The summed E-state index contributed by atoms with van der Waals surface area (Å²) in [5.41, 5.74) is 2.33. The Labute approximate surface area is 94.5 Å². The highest BCUT2D eigenvalue weighted by Gasteiger charge is 2.34. The van der Waals surface area contributed by atoms with E-state index in [1.807, 2.05) is 0 Å². The molecule has 2 aliphatic rings. The Bertz CT molecular complexity index is 241. The van der Waals surface area contributed by atoms with Gasteiger partial charge in [0.15, 0.2) is 0 Å². The van der Waals surface area contributed by atoms with Crippen LogP contribution < -0.4 is 0 Å². The Balaban J connectivity index is 2.15. The van der Waals surface area contributed by atoms with Crippen LogP contribution in [0, 0.1) is 5.41 Å². The summed E-state index contributed by atoms with van der Waals surface area (Å²) >= 11 is 0. The van der Waals surface area contributed by atoms with Gasteiger partial charge in [-0.15, -0.1) is 6.58 Å². The molecule has 1 saturated carbocycles. The zero-order chi connectivity index (χ0) is 10.6. The first-order valence-corrected chi connectivity index (χ1v) is 6.68. The van der Waals surface area contributed by atoms with E-state index in [1.54, 1.807) is 5.57 Å². The molecule has 2 rings (SSSR count). The second-order valence-corrected chi connectivity index (χ2v) is 5.31. The van der Waals surface area contributed by atoms with Crippen molar-refractivity contribution in [2.75, 3.05) is 0 Å². The maximum Gasteiger partial charge on any atom is -0.00538 e. The normalized spacial score (nSPS) is 25.7. The topological polar surface area (TPSA) is 0 Å². The average Bonchev–Trinajstić information content (AvgIpc) is 2.32. The Morgan fingerprint density at radius 1 is 1.13 bits per heavy atom. The van der Waals surface area contributed by atoms with Gasteiger partial charge in [0.25, 0.3) is 0 Å². The molecular weight excluding hydrogens is 180 g/mol. The summed E-state index contributed by atoms with van der Waals surface area (Å²) in [4.78, 5) is 0. The predicted octanol–water partition coefficient (Wildman–Crippen LogP) is 5.01. The van der Waals surface area contributed by atoms with Crippen LogP contribution in [0.15, 0.2) is 24.3 Å². The monoisotopic (exact) mass is 204 g/mol. The molecule has 0 aliphatic heterocycles. The van der Waals surface area contributed by atoms with Gasteiger partial charge in [0.2, 0.25) is 0 Å². The largest absolute Gasteiger partial charge is 0.103 e. The van der Waals surface area contributed by atoms with Gasteiger partial charge in [0.1, 0.15) is 0 Å². The third-order valence-corrected chi connectivity index (χ3v) is 4.32. The molecule has 0 spiro atoms. The molecule has 0 amide bonds. The molecule has 0 radical (unpaired) electrons. The standard InChI is InChI=1S/C15H24/c1-2-11-15(12-7-4-8-13-15)14-9-5-3-6-10-14/h2,9H,1,3-8,10-13H2. The highest BCUT2D eigenvalue weighted by Crippen LogP contribution is 2.48. The number of allylic oxidation sites excluding steroid dienone is 3. The summed E-state index contributed by atoms with van der Waals surface area (Å²) in [7, 11) is 0. The van der Waals surface area contributed by atoms with Crippen LogP contribution in [-0.2, 0) is 0 Å². The lowest BCUT2D eigenvalue weighted by Gasteiger charge is -2.40. The molecule has 0 nitrogen and oxygen atoms in total. The third-order valence-electron chi connectivity index (χ3n) is 4.32. The van der Waals surface area contributed by atoms with E-state index in [0.717, 1.165) is 0 Å². The average molecular weight is 204 g/mol. The molecule has 0 N–H and O–H groups in total. The molecule has 0 atom stereocenters. The van der Waals surface area contributed by atoms with Crippen LogP contribution in [0.4, 0.5) is 0 Å². The molecule has 84 valence electrons. The van der Waals surface area contributed by atoms with E-state index in [1.165, 1.54) is 64.2 Å². The lowest BCUT2D eigenvalue weighted by atomic mass is 9.65. The highest BCUT2D eigenvalue weighted by atomic mass is 14.4. The molecule has 0 bridgehead atoms. The van der Waals surface area contributed by atoms with Gasteiger partial charge in [-0.25, -0.2) is 0 Å². The first-order chi connectivity index (χ1) is 7.37. The predicted molar refractivity (Wildman–Crippen MR) is 66.9 cm³/mol. The SMILES string of the molecule is C=CCC1(C2=CCCCC2)CCCCC1. The summed E-state index contributed by atoms with van der Waals surface area (Å²) < 4.78 is 0. The zero-order valence-corrected chi connectivity index (χ0v) is 9.93. The maximum atomic E-state index is 3.97. The van der Waals surface area contributed by atoms with Crippen LogP contribution in [0.1, 0.15) is 64.2 Å². The molecule has 2 aliphatic carbocycles. The van der Waals surface area contributed by atoms with Crippen LogP contribution in [0.5, 0.6) is 0 Å². The van der Waals surface area contributed by atoms with Crippen molar-refractivity contribution in [2.24, 2.45) is 5.41 Å². The van der Waals surface area contributed by atoms with Gasteiger partial charge in [0, 0.05) is 0 Å².